The fourth-order valence-corrected chi connectivity index (χ4v) is 3.85. The molecule has 1 aliphatic heterocycles. The molecular formula is C22H24N4O2. The molecule has 0 spiro atoms. The minimum Gasteiger partial charge on any atom is -0.347 e. The SMILES string of the molecule is CC(=O)N1CCCC1c1nc(C(=O)NCc2ccc(C)cc2)c2ccccn12. The van der Waals surface area contributed by atoms with Gasteiger partial charge in [0.15, 0.2) is 5.69 Å². The van der Waals surface area contributed by atoms with Crippen LogP contribution in [0.2, 0.25) is 0 Å². The first-order valence-electron chi connectivity index (χ1n) is 9.62. The van der Waals surface area contributed by atoms with Crippen LogP contribution in [0, 0.1) is 6.92 Å². The lowest BCUT2D eigenvalue weighted by molar-refractivity contribution is -0.129. The lowest BCUT2D eigenvalue weighted by Crippen LogP contribution is -2.29. The summed E-state index contributed by atoms with van der Waals surface area (Å²) in [5, 5.41) is 2.97. The van der Waals surface area contributed by atoms with Gasteiger partial charge in [-0.15, -0.1) is 0 Å². The van der Waals surface area contributed by atoms with E-state index >= 15 is 0 Å². The van der Waals surface area contributed by atoms with Crippen LogP contribution in [0.1, 0.15) is 53.2 Å². The molecule has 0 saturated carbocycles. The molecule has 6 heteroatoms. The van der Waals surface area contributed by atoms with Crippen molar-refractivity contribution < 1.29 is 9.59 Å². The first-order valence-corrected chi connectivity index (χ1v) is 9.62. The molecule has 4 rings (SSSR count). The van der Waals surface area contributed by atoms with E-state index in [1.807, 2.05) is 64.9 Å². The van der Waals surface area contributed by atoms with Gasteiger partial charge in [-0.1, -0.05) is 35.9 Å². The zero-order valence-corrected chi connectivity index (χ0v) is 16.2. The predicted octanol–water partition coefficient (Wildman–Crippen LogP) is 3.26. The summed E-state index contributed by atoms with van der Waals surface area (Å²) in [6.07, 6.45) is 3.71. The van der Waals surface area contributed by atoms with Crippen molar-refractivity contribution in [3.63, 3.8) is 0 Å². The molecule has 0 aliphatic carbocycles. The van der Waals surface area contributed by atoms with Crippen LogP contribution in [-0.4, -0.2) is 32.6 Å². The summed E-state index contributed by atoms with van der Waals surface area (Å²) in [6, 6.07) is 13.7. The summed E-state index contributed by atoms with van der Waals surface area (Å²) in [6.45, 7) is 4.80. The highest BCUT2D eigenvalue weighted by Crippen LogP contribution is 2.32. The van der Waals surface area contributed by atoms with Crippen molar-refractivity contribution in [2.24, 2.45) is 0 Å². The van der Waals surface area contributed by atoms with Gasteiger partial charge in [-0.3, -0.25) is 9.59 Å². The van der Waals surface area contributed by atoms with Crippen LogP contribution < -0.4 is 5.32 Å². The Balaban J connectivity index is 1.63. The van der Waals surface area contributed by atoms with Crippen LogP contribution in [0.25, 0.3) is 5.52 Å². The van der Waals surface area contributed by atoms with Crippen molar-refractivity contribution in [1.29, 1.82) is 0 Å². The van der Waals surface area contributed by atoms with E-state index in [1.54, 1.807) is 6.92 Å². The van der Waals surface area contributed by atoms with E-state index in [1.165, 1.54) is 5.56 Å². The summed E-state index contributed by atoms with van der Waals surface area (Å²) in [5.74, 6) is 0.590. The average molecular weight is 376 g/mol. The molecule has 144 valence electrons. The van der Waals surface area contributed by atoms with E-state index in [0.717, 1.165) is 36.3 Å². The van der Waals surface area contributed by atoms with E-state index in [9.17, 15) is 9.59 Å². The third kappa shape index (κ3) is 3.38. The molecule has 1 unspecified atom stereocenters. The first-order chi connectivity index (χ1) is 13.5. The maximum Gasteiger partial charge on any atom is 0.272 e. The Morgan fingerprint density at radius 1 is 1.18 bits per heavy atom. The number of likely N-dealkylation sites (tertiary alicyclic amines) is 1. The molecule has 1 atom stereocenters. The first kappa shape index (κ1) is 18.2. The highest BCUT2D eigenvalue weighted by atomic mass is 16.2. The number of carbonyl (C=O) groups excluding carboxylic acids is 2. The molecule has 1 aromatic carbocycles. The summed E-state index contributed by atoms with van der Waals surface area (Å²) in [5.41, 5.74) is 3.39. The second kappa shape index (κ2) is 7.46. The second-order valence-electron chi connectivity index (χ2n) is 7.31. The van der Waals surface area contributed by atoms with Crippen molar-refractivity contribution in [3.05, 3.63) is 71.3 Å². The molecule has 3 aromatic rings. The summed E-state index contributed by atoms with van der Waals surface area (Å²) >= 11 is 0. The van der Waals surface area contributed by atoms with Gasteiger partial charge in [-0.05, 0) is 37.5 Å². The molecule has 2 aromatic heterocycles. The van der Waals surface area contributed by atoms with Gasteiger partial charge in [-0.2, -0.15) is 0 Å². The van der Waals surface area contributed by atoms with Crippen molar-refractivity contribution in [2.45, 2.75) is 39.3 Å². The van der Waals surface area contributed by atoms with Crippen molar-refractivity contribution >= 4 is 17.3 Å². The molecular weight excluding hydrogens is 352 g/mol. The van der Waals surface area contributed by atoms with E-state index in [4.69, 9.17) is 0 Å². The average Bonchev–Trinajstić information content (AvgIpc) is 3.32. The van der Waals surface area contributed by atoms with Gasteiger partial charge < -0.3 is 14.6 Å². The molecule has 0 bridgehead atoms. The fourth-order valence-electron chi connectivity index (χ4n) is 3.85. The highest BCUT2D eigenvalue weighted by Gasteiger charge is 2.32. The summed E-state index contributed by atoms with van der Waals surface area (Å²) in [4.78, 5) is 31.4. The topological polar surface area (TPSA) is 66.7 Å². The zero-order valence-electron chi connectivity index (χ0n) is 16.2. The van der Waals surface area contributed by atoms with Gasteiger partial charge in [0.2, 0.25) is 5.91 Å². The number of nitrogens with zero attached hydrogens (tertiary/aromatic N) is 3. The van der Waals surface area contributed by atoms with Crippen LogP contribution >= 0.6 is 0 Å². The Labute approximate surface area is 164 Å². The van der Waals surface area contributed by atoms with Gasteiger partial charge in [0.05, 0.1) is 11.6 Å². The quantitative estimate of drug-likeness (QED) is 0.760. The molecule has 1 fully saturated rings. The number of pyridine rings is 1. The van der Waals surface area contributed by atoms with Crippen LogP contribution in [-0.2, 0) is 11.3 Å². The molecule has 1 N–H and O–H groups in total. The number of hydrogen-bond donors (Lipinski definition) is 1. The molecule has 3 heterocycles. The lowest BCUT2D eigenvalue weighted by atomic mass is 10.1. The molecule has 28 heavy (non-hydrogen) atoms. The summed E-state index contributed by atoms with van der Waals surface area (Å²) < 4.78 is 1.94. The van der Waals surface area contributed by atoms with Gasteiger partial charge in [0.1, 0.15) is 5.82 Å². The van der Waals surface area contributed by atoms with Gasteiger partial charge in [-0.25, -0.2) is 4.98 Å². The third-order valence-electron chi connectivity index (χ3n) is 5.32. The number of aromatic nitrogens is 2. The smallest absolute Gasteiger partial charge is 0.272 e. The van der Waals surface area contributed by atoms with Crippen LogP contribution in [0.15, 0.2) is 48.7 Å². The van der Waals surface area contributed by atoms with Gasteiger partial charge in [0, 0.05) is 26.2 Å². The number of nitrogens with one attached hydrogen (secondary N) is 1. The molecule has 1 aliphatic rings. The maximum absolute atomic E-state index is 12.9. The number of amides is 2. The minimum atomic E-state index is -0.206. The third-order valence-corrected chi connectivity index (χ3v) is 5.32. The second-order valence-corrected chi connectivity index (χ2v) is 7.31. The number of benzene rings is 1. The van der Waals surface area contributed by atoms with Crippen molar-refractivity contribution in [2.75, 3.05) is 6.54 Å². The van der Waals surface area contributed by atoms with Crippen LogP contribution in [0.4, 0.5) is 0 Å². The van der Waals surface area contributed by atoms with Gasteiger partial charge >= 0.3 is 0 Å². The van der Waals surface area contributed by atoms with E-state index in [-0.39, 0.29) is 17.9 Å². The lowest BCUT2D eigenvalue weighted by Gasteiger charge is -2.22. The highest BCUT2D eigenvalue weighted by molar-refractivity contribution is 5.99. The van der Waals surface area contributed by atoms with Gasteiger partial charge in [0.25, 0.3) is 5.91 Å². The summed E-state index contributed by atoms with van der Waals surface area (Å²) in [7, 11) is 0. The number of imidazole rings is 1. The molecule has 1 saturated heterocycles. The molecule has 0 radical (unpaired) electrons. The Bertz CT molecular complexity index is 1020. The fraction of sp³-hybridized carbons (Fsp3) is 0.318. The Morgan fingerprint density at radius 3 is 2.71 bits per heavy atom. The minimum absolute atomic E-state index is 0.0422. The Kier molecular flexibility index (Phi) is 4.86. The van der Waals surface area contributed by atoms with Crippen molar-refractivity contribution in [3.8, 4) is 0 Å². The van der Waals surface area contributed by atoms with Crippen molar-refractivity contribution in [1.82, 2.24) is 19.6 Å². The zero-order chi connectivity index (χ0) is 19.7. The van der Waals surface area contributed by atoms with E-state index in [0.29, 0.717) is 12.2 Å². The number of carbonyl (C=O) groups is 2. The number of fused-ring (bicyclic) bond motifs is 1. The standard InChI is InChI=1S/C22H24N4O2/c1-15-8-10-17(11-9-15)14-23-22(28)20-18-6-3-4-12-26(18)21(24-20)19-7-5-13-25(19)16(2)27/h3-4,6,8-12,19H,5,7,13-14H2,1-2H3,(H,23,28). The maximum atomic E-state index is 12.9. The normalized spacial score (nSPS) is 16.5. The van der Waals surface area contributed by atoms with E-state index in [2.05, 4.69) is 10.3 Å². The number of aryl methyl sites for hydroxylation is 1. The Hall–Kier alpha value is -3.15. The van der Waals surface area contributed by atoms with E-state index < -0.39 is 0 Å². The molecule has 2 amide bonds. The largest absolute Gasteiger partial charge is 0.347 e. The molecule has 6 nitrogen and oxygen atoms in total. The van der Waals surface area contributed by atoms with Crippen LogP contribution in [0.5, 0.6) is 0 Å². The number of hydrogen-bond acceptors (Lipinski definition) is 3. The monoisotopic (exact) mass is 376 g/mol. The number of rotatable bonds is 4. The predicted molar refractivity (Wildman–Crippen MR) is 107 cm³/mol. The Morgan fingerprint density at radius 2 is 1.96 bits per heavy atom. The van der Waals surface area contributed by atoms with Crippen LogP contribution in [0.3, 0.4) is 0 Å².